The standard InChI is InChI=1S/C15H26N2/c1-5-17(6-2)11-15(16)10-14-9-12(3)7-8-13(14)4/h7-9,15H,5-6,10-11,16H2,1-4H3. The molecular formula is C15H26N2. The van der Waals surface area contributed by atoms with Crippen molar-refractivity contribution in [1.82, 2.24) is 4.90 Å². The first-order valence-corrected chi connectivity index (χ1v) is 6.60. The van der Waals surface area contributed by atoms with Crippen LogP contribution < -0.4 is 5.73 Å². The highest BCUT2D eigenvalue weighted by Gasteiger charge is 2.09. The van der Waals surface area contributed by atoms with Crippen LogP contribution in [0, 0.1) is 13.8 Å². The molecule has 0 saturated heterocycles. The maximum Gasteiger partial charge on any atom is 0.0208 e. The number of rotatable bonds is 6. The summed E-state index contributed by atoms with van der Waals surface area (Å²) in [5, 5.41) is 0. The lowest BCUT2D eigenvalue weighted by Crippen LogP contribution is -2.38. The lowest BCUT2D eigenvalue weighted by Gasteiger charge is -2.23. The van der Waals surface area contributed by atoms with Gasteiger partial charge in [-0.15, -0.1) is 0 Å². The minimum Gasteiger partial charge on any atom is -0.326 e. The second kappa shape index (κ2) is 6.77. The van der Waals surface area contributed by atoms with E-state index in [-0.39, 0.29) is 6.04 Å². The summed E-state index contributed by atoms with van der Waals surface area (Å²) in [4.78, 5) is 2.38. The van der Waals surface area contributed by atoms with Crippen LogP contribution in [0.25, 0.3) is 0 Å². The molecule has 1 aromatic carbocycles. The molecule has 0 amide bonds. The van der Waals surface area contributed by atoms with Gasteiger partial charge in [0.15, 0.2) is 0 Å². The molecule has 17 heavy (non-hydrogen) atoms. The molecule has 0 spiro atoms. The van der Waals surface area contributed by atoms with Crippen LogP contribution in [0.15, 0.2) is 18.2 Å². The average Bonchev–Trinajstić information content (AvgIpc) is 2.31. The van der Waals surface area contributed by atoms with Crippen LogP contribution in [0.5, 0.6) is 0 Å². The highest BCUT2D eigenvalue weighted by Crippen LogP contribution is 2.12. The summed E-state index contributed by atoms with van der Waals surface area (Å²) in [6.07, 6.45) is 0.976. The Kier molecular flexibility index (Phi) is 5.66. The van der Waals surface area contributed by atoms with E-state index in [1.165, 1.54) is 16.7 Å². The van der Waals surface area contributed by atoms with Gasteiger partial charge in [0.2, 0.25) is 0 Å². The first kappa shape index (κ1) is 14.2. The second-order valence-electron chi connectivity index (χ2n) is 4.88. The van der Waals surface area contributed by atoms with Crippen LogP contribution in [0.4, 0.5) is 0 Å². The fourth-order valence-corrected chi connectivity index (χ4v) is 2.18. The van der Waals surface area contributed by atoms with E-state index in [2.05, 4.69) is 50.8 Å². The third kappa shape index (κ3) is 4.49. The summed E-state index contributed by atoms with van der Waals surface area (Å²) in [7, 11) is 0. The Bertz CT molecular complexity index is 343. The van der Waals surface area contributed by atoms with Crippen molar-refractivity contribution in [2.45, 2.75) is 40.2 Å². The van der Waals surface area contributed by atoms with Crippen LogP contribution in [0.1, 0.15) is 30.5 Å². The van der Waals surface area contributed by atoms with Gasteiger partial charge >= 0.3 is 0 Å². The Morgan fingerprint density at radius 2 is 1.82 bits per heavy atom. The van der Waals surface area contributed by atoms with Crippen LogP contribution in [-0.2, 0) is 6.42 Å². The first-order valence-electron chi connectivity index (χ1n) is 6.60. The molecule has 0 aromatic heterocycles. The number of hydrogen-bond acceptors (Lipinski definition) is 2. The van der Waals surface area contributed by atoms with E-state index in [9.17, 15) is 0 Å². The molecule has 2 N–H and O–H groups in total. The number of benzene rings is 1. The minimum atomic E-state index is 0.232. The first-order chi connectivity index (χ1) is 8.06. The maximum atomic E-state index is 6.24. The summed E-state index contributed by atoms with van der Waals surface area (Å²) in [6.45, 7) is 11.8. The molecule has 1 atom stereocenters. The summed E-state index contributed by atoms with van der Waals surface area (Å²) in [6, 6.07) is 6.84. The topological polar surface area (TPSA) is 29.3 Å². The number of hydrogen-bond donors (Lipinski definition) is 1. The Labute approximate surface area is 106 Å². The van der Waals surface area contributed by atoms with Gasteiger partial charge in [0, 0.05) is 12.6 Å². The Hall–Kier alpha value is -0.860. The van der Waals surface area contributed by atoms with Crippen LogP contribution in [0.2, 0.25) is 0 Å². The van der Waals surface area contributed by atoms with E-state index >= 15 is 0 Å². The molecule has 0 aliphatic rings. The van der Waals surface area contributed by atoms with Gasteiger partial charge in [-0.3, -0.25) is 0 Å². The molecule has 1 unspecified atom stereocenters. The fourth-order valence-electron chi connectivity index (χ4n) is 2.18. The second-order valence-corrected chi connectivity index (χ2v) is 4.88. The van der Waals surface area contributed by atoms with Gasteiger partial charge in [-0.05, 0) is 44.5 Å². The van der Waals surface area contributed by atoms with E-state index in [1.807, 2.05) is 0 Å². The third-order valence-electron chi connectivity index (χ3n) is 3.37. The van der Waals surface area contributed by atoms with Gasteiger partial charge in [-0.2, -0.15) is 0 Å². The summed E-state index contributed by atoms with van der Waals surface area (Å²) < 4.78 is 0. The van der Waals surface area contributed by atoms with E-state index in [1.54, 1.807) is 0 Å². The van der Waals surface area contributed by atoms with E-state index in [0.717, 1.165) is 26.1 Å². The Morgan fingerprint density at radius 1 is 1.18 bits per heavy atom. The quantitative estimate of drug-likeness (QED) is 0.819. The molecule has 0 aliphatic heterocycles. The zero-order chi connectivity index (χ0) is 12.8. The molecule has 96 valence electrons. The van der Waals surface area contributed by atoms with Crippen molar-refractivity contribution in [3.8, 4) is 0 Å². The number of nitrogens with zero attached hydrogens (tertiary/aromatic N) is 1. The Morgan fingerprint density at radius 3 is 2.41 bits per heavy atom. The highest BCUT2D eigenvalue weighted by atomic mass is 15.1. The number of aryl methyl sites for hydroxylation is 2. The molecule has 0 saturated carbocycles. The lowest BCUT2D eigenvalue weighted by molar-refractivity contribution is 0.282. The molecule has 2 heteroatoms. The van der Waals surface area contributed by atoms with E-state index in [4.69, 9.17) is 5.73 Å². The Balaban J connectivity index is 2.61. The molecule has 0 bridgehead atoms. The molecule has 1 aromatic rings. The smallest absolute Gasteiger partial charge is 0.0208 e. The van der Waals surface area contributed by atoms with Gasteiger partial charge in [0.05, 0.1) is 0 Å². The van der Waals surface area contributed by atoms with Crippen LogP contribution in [0.3, 0.4) is 0 Å². The molecule has 0 radical (unpaired) electrons. The van der Waals surface area contributed by atoms with Crippen molar-refractivity contribution < 1.29 is 0 Å². The molecular weight excluding hydrogens is 208 g/mol. The van der Waals surface area contributed by atoms with E-state index in [0.29, 0.717) is 0 Å². The third-order valence-corrected chi connectivity index (χ3v) is 3.37. The summed E-state index contributed by atoms with van der Waals surface area (Å²) >= 11 is 0. The normalized spacial score (nSPS) is 13.1. The van der Waals surface area contributed by atoms with Crippen LogP contribution >= 0.6 is 0 Å². The molecule has 0 heterocycles. The van der Waals surface area contributed by atoms with Crippen molar-refractivity contribution in [2.75, 3.05) is 19.6 Å². The monoisotopic (exact) mass is 234 g/mol. The fraction of sp³-hybridized carbons (Fsp3) is 0.600. The maximum absolute atomic E-state index is 6.24. The van der Waals surface area contributed by atoms with Gasteiger partial charge in [0.1, 0.15) is 0 Å². The van der Waals surface area contributed by atoms with Crippen molar-refractivity contribution in [1.29, 1.82) is 0 Å². The minimum absolute atomic E-state index is 0.232. The SMILES string of the molecule is CCN(CC)CC(N)Cc1cc(C)ccc1C. The molecule has 2 nitrogen and oxygen atoms in total. The van der Waals surface area contributed by atoms with E-state index < -0.39 is 0 Å². The number of nitrogens with two attached hydrogens (primary N) is 1. The van der Waals surface area contributed by atoms with Gasteiger partial charge in [-0.1, -0.05) is 37.6 Å². The predicted molar refractivity (Wildman–Crippen MR) is 75.4 cm³/mol. The number of likely N-dealkylation sites (N-methyl/N-ethyl adjacent to an activating group) is 1. The summed E-state index contributed by atoms with van der Waals surface area (Å²) in [5.41, 5.74) is 10.3. The predicted octanol–water partition coefficient (Wildman–Crippen LogP) is 2.52. The zero-order valence-corrected chi connectivity index (χ0v) is 11.7. The molecule has 1 rings (SSSR count). The largest absolute Gasteiger partial charge is 0.326 e. The van der Waals surface area contributed by atoms with Gasteiger partial charge < -0.3 is 10.6 Å². The highest BCUT2D eigenvalue weighted by molar-refractivity contribution is 5.31. The van der Waals surface area contributed by atoms with Crippen molar-refractivity contribution >= 4 is 0 Å². The zero-order valence-electron chi connectivity index (χ0n) is 11.7. The average molecular weight is 234 g/mol. The van der Waals surface area contributed by atoms with Crippen molar-refractivity contribution in [2.24, 2.45) is 5.73 Å². The molecule has 0 fully saturated rings. The van der Waals surface area contributed by atoms with Crippen molar-refractivity contribution in [3.05, 3.63) is 34.9 Å². The lowest BCUT2D eigenvalue weighted by atomic mass is 9.99. The van der Waals surface area contributed by atoms with Crippen molar-refractivity contribution in [3.63, 3.8) is 0 Å². The summed E-state index contributed by atoms with van der Waals surface area (Å²) in [5.74, 6) is 0. The molecule has 0 aliphatic carbocycles. The van der Waals surface area contributed by atoms with Gasteiger partial charge in [0.25, 0.3) is 0 Å². The van der Waals surface area contributed by atoms with Gasteiger partial charge in [-0.25, -0.2) is 0 Å². The van der Waals surface area contributed by atoms with Crippen LogP contribution in [-0.4, -0.2) is 30.6 Å².